The van der Waals surface area contributed by atoms with Crippen LogP contribution < -0.4 is 5.32 Å². The third-order valence-electron chi connectivity index (χ3n) is 2.60. The Kier molecular flexibility index (Phi) is 5.14. The summed E-state index contributed by atoms with van der Waals surface area (Å²) in [7, 11) is 2.68. The quantitative estimate of drug-likeness (QED) is 0.551. The fraction of sp³-hybridized carbons (Fsp3) is 0.727. The maximum absolute atomic E-state index is 12.0. The highest BCUT2D eigenvalue weighted by Crippen LogP contribution is 2.24. The number of methoxy groups -OCH3 is 1. The van der Waals surface area contributed by atoms with Crippen LogP contribution in [0.2, 0.25) is 0 Å². The standard InChI is InChI=1S/C11H19NO4/c1-6-7(9(14)12-4)8(13)11(2,3)10(15)16-5/h7H,6H2,1-5H3,(H,12,14). The van der Waals surface area contributed by atoms with Gasteiger partial charge in [0.25, 0.3) is 0 Å². The van der Waals surface area contributed by atoms with Gasteiger partial charge >= 0.3 is 5.97 Å². The van der Waals surface area contributed by atoms with Crippen molar-refractivity contribution in [3.8, 4) is 0 Å². The SMILES string of the molecule is CCC(C(=O)NC)C(=O)C(C)(C)C(=O)OC. The highest BCUT2D eigenvalue weighted by atomic mass is 16.5. The van der Waals surface area contributed by atoms with Crippen molar-refractivity contribution >= 4 is 17.7 Å². The Morgan fingerprint density at radius 2 is 1.81 bits per heavy atom. The Hall–Kier alpha value is -1.39. The van der Waals surface area contributed by atoms with Crippen LogP contribution in [0.5, 0.6) is 0 Å². The first-order valence-corrected chi connectivity index (χ1v) is 5.17. The summed E-state index contributed by atoms with van der Waals surface area (Å²) in [6, 6.07) is 0. The molecule has 5 nitrogen and oxygen atoms in total. The predicted octanol–water partition coefficient (Wildman–Crippen LogP) is 0.527. The van der Waals surface area contributed by atoms with E-state index >= 15 is 0 Å². The third-order valence-corrected chi connectivity index (χ3v) is 2.60. The van der Waals surface area contributed by atoms with Crippen LogP contribution in [-0.2, 0) is 19.1 Å². The van der Waals surface area contributed by atoms with Crippen molar-refractivity contribution in [3.63, 3.8) is 0 Å². The van der Waals surface area contributed by atoms with Crippen LogP contribution in [0.25, 0.3) is 0 Å². The van der Waals surface area contributed by atoms with Crippen molar-refractivity contribution in [2.45, 2.75) is 27.2 Å². The lowest BCUT2D eigenvalue weighted by Gasteiger charge is -2.24. The summed E-state index contributed by atoms with van der Waals surface area (Å²) in [5.74, 6) is -2.22. The molecule has 16 heavy (non-hydrogen) atoms. The lowest BCUT2D eigenvalue weighted by Crippen LogP contribution is -2.44. The lowest BCUT2D eigenvalue weighted by atomic mass is 9.80. The summed E-state index contributed by atoms with van der Waals surface area (Å²) in [5, 5.41) is 2.41. The summed E-state index contributed by atoms with van der Waals surface area (Å²) in [4.78, 5) is 34.9. The van der Waals surface area contributed by atoms with Crippen molar-refractivity contribution in [1.82, 2.24) is 5.32 Å². The molecule has 0 rings (SSSR count). The van der Waals surface area contributed by atoms with Crippen LogP contribution in [-0.4, -0.2) is 31.8 Å². The van der Waals surface area contributed by atoms with E-state index < -0.39 is 23.1 Å². The first-order valence-electron chi connectivity index (χ1n) is 5.17. The molecule has 0 saturated heterocycles. The summed E-state index contributed by atoms with van der Waals surface area (Å²) in [6.45, 7) is 4.66. The molecule has 1 atom stereocenters. The topological polar surface area (TPSA) is 72.5 Å². The number of nitrogens with one attached hydrogen (secondary N) is 1. The summed E-state index contributed by atoms with van der Waals surface area (Å²) in [6.07, 6.45) is 0.360. The van der Waals surface area contributed by atoms with Crippen LogP contribution in [0.4, 0.5) is 0 Å². The molecule has 0 aromatic heterocycles. The van der Waals surface area contributed by atoms with Gasteiger partial charge in [-0.2, -0.15) is 0 Å². The van der Waals surface area contributed by atoms with Gasteiger partial charge in [0.2, 0.25) is 5.91 Å². The first kappa shape index (κ1) is 14.6. The number of hydrogen-bond donors (Lipinski definition) is 1. The van der Waals surface area contributed by atoms with Crippen molar-refractivity contribution in [1.29, 1.82) is 0 Å². The van der Waals surface area contributed by atoms with Gasteiger partial charge in [0.05, 0.1) is 13.0 Å². The minimum absolute atomic E-state index is 0.360. The largest absolute Gasteiger partial charge is 0.468 e. The smallest absolute Gasteiger partial charge is 0.318 e. The number of ketones is 1. The molecule has 0 aliphatic rings. The molecular weight excluding hydrogens is 210 g/mol. The molecule has 0 radical (unpaired) electrons. The number of rotatable bonds is 5. The molecule has 5 heteroatoms. The molecule has 1 amide bonds. The van der Waals surface area contributed by atoms with Gasteiger partial charge in [0, 0.05) is 7.05 Å². The van der Waals surface area contributed by atoms with Crippen molar-refractivity contribution in [2.75, 3.05) is 14.2 Å². The van der Waals surface area contributed by atoms with Gasteiger partial charge in [-0.1, -0.05) is 6.92 Å². The summed E-state index contributed by atoms with van der Waals surface area (Å²) < 4.78 is 4.55. The van der Waals surface area contributed by atoms with E-state index in [-0.39, 0.29) is 5.91 Å². The highest BCUT2D eigenvalue weighted by molar-refractivity contribution is 6.11. The van der Waals surface area contributed by atoms with Gasteiger partial charge in [0.15, 0.2) is 5.78 Å². The second-order valence-electron chi connectivity index (χ2n) is 4.06. The van der Waals surface area contributed by atoms with Crippen molar-refractivity contribution in [3.05, 3.63) is 0 Å². The van der Waals surface area contributed by atoms with Gasteiger partial charge in [-0.3, -0.25) is 14.4 Å². The number of carbonyl (C=O) groups excluding carboxylic acids is 3. The van der Waals surface area contributed by atoms with Crippen LogP contribution in [0, 0.1) is 11.3 Å². The van der Waals surface area contributed by atoms with Gasteiger partial charge in [-0.25, -0.2) is 0 Å². The average Bonchev–Trinajstić information content (AvgIpc) is 2.27. The van der Waals surface area contributed by atoms with E-state index in [9.17, 15) is 14.4 Å². The molecule has 1 N–H and O–H groups in total. The van der Waals surface area contributed by atoms with Crippen molar-refractivity contribution < 1.29 is 19.1 Å². The number of hydrogen-bond acceptors (Lipinski definition) is 4. The Morgan fingerprint density at radius 3 is 2.12 bits per heavy atom. The van der Waals surface area contributed by atoms with E-state index in [0.29, 0.717) is 6.42 Å². The molecule has 0 aromatic rings. The van der Waals surface area contributed by atoms with Crippen LogP contribution in [0.3, 0.4) is 0 Å². The molecule has 0 bridgehead atoms. The second kappa shape index (κ2) is 5.63. The molecule has 0 aromatic carbocycles. The molecule has 0 aliphatic heterocycles. The van der Waals surface area contributed by atoms with E-state index in [1.807, 2.05) is 0 Å². The number of amides is 1. The molecule has 92 valence electrons. The summed E-state index contributed by atoms with van der Waals surface area (Å²) >= 11 is 0. The monoisotopic (exact) mass is 229 g/mol. The highest BCUT2D eigenvalue weighted by Gasteiger charge is 2.42. The molecule has 0 spiro atoms. The van der Waals surface area contributed by atoms with E-state index in [1.54, 1.807) is 6.92 Å². The molecule has 0 fully saturated rings. The van der Waals surface area contributed by atoms with Gasteiger partial charge < -0.3 is 10.1 Å². The second-order valence-corrected chi connectivity index (χ2v) is 4.06. The van der Waals surface area contributed by atoms with Crippen LogP contribution in [0.1, 0.15) is 27.2 Å². The fourth-order valence-electron chi connectivity index (χ4n) is 1.46. The summed E-state index contributed by atoms with van der Waals surface area (Å²) in [5.41, 5.74) is -1.29. The maximum Gasteiger partial charge on any atom is 0.318 e. The molecule has 0 saturated carbocycles. The van der Waals surface area contributed by atoms with E-state index in [1.165, 1.54) is 28.0 Å². The fourth-order valence-corrected chi connectivity index (χ4v) is 1.46. The normalized spacial score (nSPS) is 12.8. The zero-order valence-corrected chi connectivity index (χ0v) is 10.4. The Balaban J connectivity index is 5.01. The lowest BCUT2D eigenvalue weighted by molar-refractivity contribution is -0.157. The zero-order chi connectivity index (χ0) is 12.9. The molecule has 0 heterocycles. The van der Waals surface area contributed by atoms with E-state index in [2.05, 4.69) is 10.1 Å². The Bertz CT molecular complexity index is 296. The zero-order valence-electron chi connectivity index (χ0n) is 10.4. The van der Waals surface area contributed by atoms with Gasteiger partial charge in [0.1, 0.15) is 5.41 Å². The molecule has 1 unspecified atom stereocenters. The third kappa shape index (κ3) is 2.81. The Labute approximate surface area is 95.5 Å². The molecular formula is C11H19NO4. The number of Topliss-reactive ketones (excluding diaryl/α,β-unsaturated/α-hetero) is 1. The average molecular weight is 229 g/mol. The van der Waals surface area contributed by atoms with Gasteiger partial charge in [-0.05, 0) is 20.3 Å². The van der Waals surface area contributed by atoms with Crippen LogP contribution >= 0.6 is 0 Å². The van der Waals surface area contributed by atoms with E-state index in [0.717, 1.165) is 0 Å². The predicted molar refractivity (Wildman–Crippen MR) is 58.7 cm³/mol. The van der Waals surface area contributed by atoms with E-state index in [4.69, 9.17) is 0 Å². The minimum atomic E-state index is -1.29. The maximum atomic E-state index is 12.0. The van der Waals surface area contributed by atoms with Crippen LogP contribution in [0.15, 0.2) is 0 Å². The number of carbonyl (C=O) groups is 3. The number of ether oxygens (including phenoxy) is 1. The minimum Gasteiger partial charge on any atom is -0.468 e. The Morgan fingerprint density at radius 1 is 1.31 bits per heavy atom. The molecule has 0 aliphatic carbocycles. The number of esters is 1. The van der Waals surface area contributed by atoms with Crippen molar-refractivity contribution in [2.24, 2.45) is 11.3 Å². The van der Waals surface area contributed by atoms with Gasteiger partial charge in [-0.15, -0.1) is 0 Å². The first-order chi connectivity index (χ1) is 7.32.